The lowest BCUT2D eigenvalue weighted by atomic mass is 9.84. The number of allylic oxidation sites excluding steroid dienone is 5. The Hall–Kier alpha value is -2.69. The number of imidazole rings is 1. The molecule has 1 aromatic rings. The number of aromatic amines is 1. The lowest BCUT2D eigenvalue weighted by molar-refractivity contribution is -0.233. The molecular formula is C22H26N4O3. The summed E-state index contributed by atoms with van der Waals surface area (Å²) in [5.74, 6) is -0.882. The molecule has 0 unspecified atom stereocenters. The molecule has 1 fully saturated rings. The zero-order valence-corrected chi connectivity index (χ0v) is 16.7. The van der Waals surface area contributed by atoms with Crippen molar-refractivity contribution in [2.75, 3.05) is 13.2 Å². The summed E-state index contributed by atoms with van der Waals surface area (Å²) in [5, 5.41) is 12.0. The first kappa shape index (κ1) is 19.6. The molecule has 29 heavy (non-hydrogen) atoms. The van der Waals surface area contributed by atoms with Gasteiger partial charge in [-0.15, -0.1) is 0 Å². The smallest absolute Gasteiger partial charge is 0.291 e. The van der Waals surface area contributed by atoms with E-state index >= 15 is 0 Å². The van der Waals surface area contributed by atoms with Crippen molar-refractivity contribution < 1.29 is 14.3 Å². The Bertz CT molecular complexity index is 926. The molecule has 1 aliphatic heterocycles. The van der Waals surface area contributed by atoms with Crippen molar-refractivity contribution in [1.29, 1.82) is 5.26 Å². The first-order valence-corrected chi connectivity index (χ1v) is 10.3. The van der Waals surface area contributed by atoms with E-state index in [0.717, 1.165) is 48.9 Å². The summed E-state index contributed by atoms with van der Waals surface area (Å²) in [7, 11) is 0. The Balaban J connectivity index is 1.65. The third-order valence-corrected chi connectivity index (χ3v) is 5.72. The second-order valence-corrected chi connectivity index (χ2v) is 7.73. The largest absolute Gasteiger partial charge is 0.346 e. The number of ether oxygens (including phenoxy) is 2. The number of H-pyrrole nitrogens is 1. The van der Waals surface area contributed by atoms with Crippen LogP contribution in [-0.4, -0.2) is 34.9 Å². The van der Waals surface area contributed by atoms with Gasteiger partial charge in [0.1, 0.15) is 6.07 Å². The van der Waals surface area contributed by atoms with Crippen molar-refractivity contribution in [3.05, 3.63) is 52.3 Å². The molecule has 4 rings (SSSR count). The molecule has 0 bridgehead atoms. The van der Waals surface area contributed by atoms with E-state index in [1.165, 1.54) is 18.2 Å². The minimum Gasteiger partial charge on any atom is -0.346 e. The number of carbonyl (C=O) groups is 1. The molecule has 2 N–H and O–H groups in total. The van der Waals surface area contributed by atoms with Crippen LogP contribution in [0, 0.1) is 11.3 Å². The average Bonchev–Trinajstić information content (AvgIpc) is 3.25. The number of aromatic nitrogens is 2. The summed E-state index contributed by atoms with van der Waals surface area (Å²) in [6.45, 7) is 3.37. The zero-order valence-electron chi connectivity index (χ0n) is 16.7. The highest BCUT2D eigenvalue weighted by Crippen LogP contribution is 2.38. The number of hydrogen-bond acceptors (Lipinski definition) is 5. The van der Waals surface area contributed by atoms with Crippen LogP contribution >= 0.6 is 0 Å². The molecule has 0 aromatic carbocycles. The molecule has 0 saturated carbocycles. The van der Waals surface area contributed by atoms with Gasteiger partial charge in [0.15, 0.2) is 17.3 Å². The SMILES string of the molecule is CC1(C2=CC(C3=CCCCC3)=C(NC(=O)c3nc(C#N)c[nH]3)CC2)OCCCO1. The number of carbonyl (C=O) groups excluding carboxylic acids is 1. The maximum Gasteiger partial charge on any atom is 0.291 e. The van der Waals surface area contributed by atoms with E-state index in [2.05, 4.69) is 27.4 Å². The molecule has 3 aliphatic rings. The molecule has 7 heteroatoms. The van der Waals surface area contributed by atoms with Crippen LogP contribution in [0.3, 0.4) is 0 Å². The second-order valence-electron chi connectivity index (χ2n) is 7.73. The normalized spacial score (nSPS) is 21.8. The lowest BCUT2D eigenvalue weighted by Crippen LogP contribution is -2.40. The third-order valence-electron chi connectivity index (χ3n) is 5.72. The van der Waals surface area contributed by atoms with Crippen LogP contribution in [0.5, 0.6) is 0 Å². The fourth-order valence-corrected chi connectivity index (χ4v) is 4.10. The van der Waals surface area contributed by atoms with Gasteiger partial charge in [-0.05, 0) is 74.7 Å². The van der Waals surface area contributed by atoms with Gasteiger partial charge in [0.25, 0.3) is 5.91 Å². The van der Waals surface area contributed by atoms with E-state index in [1.54, 1.807) is 0 Å². The number of hydrogen-bond donors (Lipinski definition) is 2. The summed E-state index contributed by atoms with van der Waals surface area (Å²) in [4.78, 5) is 19.5. The van der Waals surface area contributed by atoms with Crippen LogP contribution in [0.15, 0.2) is 40.8 Å². The quantitative estimate of drug-likeness (QED) is 0.812. The van der Waals surface area contributed by atoms with Crippen molar-refractivity contribution in [2.24, 2.45) is 0 Å². The highest BCUT2D eigenvalue weighted by Gasteiger charge is 2.35. The Morgan fingerprint density at radius 2 is 2.07 bits per heavy atom. The van der Waals surface area contributed by atoms with Gasteiger partial charge in [-0.25, -0.2) is 4.98 Å². The van der Waals surface area contributed by atoms with Crippen LogP contribution in [0.2, 0.25) is 0 Å². The second kappa shape index (κ2) is 8.36. The Kier molecular flexibility index (Phi) is 5.65. The molecule has 1 saturated heterocycles. The van der Waals surface area contributed by atoms with Crippen LogP contribution in [0.1, 0.15) is 68.2 Å². The van der Waals surface area contributed by atoms with Gasteiger partial charge in [-0.2, -0.15) is 5.26 Å². The van der Waals surface area contributed by atoms with Gasteiger partial charge < -0.3 is 19.8 Å². The molecule has 0 radical (unpaired) electrons. The molecule has 2 aliphatic carbocycles. The Labute approximate surface area is 170 Å². The number of nitrogens with zero attached hydrogens (tertiary/aromatic N) is 2. The first-order valence-electron chi connectivity index (χ1n) is 10.3. The van der Waals surface area contributed by atoms with Gasteiger partial charge in [-0.1, -0.05) is 6.08 Å². The van der Waals surface area contributed by atoms with Crippen molar-refractivity contribution in [2.45, 2.75) is 57.7 Å². The van der Waals surface area contributed by atoms with Gasteiger partial charge in [0, 0.05) is 11.9 Å². The maximum absolute atomic E-state index is 12.7. The number of rotatable bonds is 4. The van der Waals surface area contributed by atoms with E-state index in [-0.39, 0.29) is 17.4 Å². The van der Waals surface area contributed by atoms with Crippen LogP contribution in [-0.2, 0) is 9.47 Å². The summed E-state index contributed by atoms with van der Waals surface area (Å²) < 4.78 is 12.0. The fourth-order valence-electron chi connectivity index (χ4n) is 4.10. The number of amides is 1. The fraction of sp³-hybridized carbons (Fsp3) is 0.500. The highest BCUT2D eigenvalue weighted by atomic mass is 16.7. The monoisotopic (exact) mass is 394 g/mol. The lowest BCUT2D eigenvalue weighted by Gasteiger charge is -2.38. The van der Waals surface area contributed by atoms with Crippen LogP contribution in [0.4, 0.5) is 0 Å². The molecule has 2 heterocycles. The minimum absolute atomic E-state index is 0.145. The molecule has 7 nitrogen and oxygen atoms in total. The van der Waals surface area contributed by atoms with E-state index in [0.29, 0.717) is 19.6 Å². The van der Waals surface area contributed by atoms with Crippen molar-refractivity contribution >= 4 is 5.91 Å². The minimum atomic E-state index is -0.697. The summed E-state index contributed by atoms with van der Waals surface area (Å²) in [5.41, 5.74) is 4.53. The van der Waals surface area contributed by atoms with Crippen LogP contribution < -0.4 is 5.32 Å². The molecular weight excluding hydrogens is 368 g/mol. The van der Waals surface area contributed by atoms with Crippen molar-refractivity contribution in [3.63, 3.8) is 0 Å². The first-order chi connectivity index (χ1) is 14.1. The van der Waals surface area contributed by atoms with Crippen molar-refractivity contribution in [1.82, 2.24) is 15.3 Å². The van der Waals surface area contributed by atoms with E-state index in [9.17, 15) is 4.79 Å². The summed E-state index contributed by atoms with van der Waals surface area (Å²) in [6.07, 6.45) is 12.6. The molecule has 1 aromatic heterocycles. The predicted molar refractivity (Wildman–Crippen MR) is 107 cm³/mol. The summed E-state index contributed by atoms with van der Waals surface area (Å²) >= 11 is 0. The van der Waals surface area contributed by atoms with Gasteiger partial charge >= 0.3 is 0 Å². The van der Waals surface area contributed by atoms with E-state index in [1.807, 2.05) is 13.0 Å². The molecule has 1 amide bonds. The topological polar surface area (TPSA) is 100 Å². The molecule has 0 spiro atoms. The highest BCUT2D eigenvalue weighted by molar-refractivity contribution is 5.92. The van der Waals surface area contributed by atoms with Crippen LogP contribution in [0.25, 0.3) is 0 Å². The third kappa shape index (κ3) is 4.19. The molecule has 152 valence electrons. The average molecular weight is 394 g/mol. The summed E-state index contributed by atoms with van der Waals surface area (Å²) in [6, 6.07) is 1.93. The van der Waals surface area contributed by atoms with Gasteiger partial charge in [-0.3, -0.25) is 4.79 Å². The maximum atomic E-state index is 12.7. The standard InChI is InChI=1S/C22H26N4O3/c1-22(28-10-5-11-29-22)16-8-9-19(18(12-16)15-6-3-2-4-7-15)26-21(27)20-24-14-17(13-23)25-20/h6,12,14H,2-5,7-11H2,1H3,(H,24,25)(H,26,27). The Morgan fingerprint density at radius 3 is 2.76 bits per heavy atom. The van der Waals surface area contributed by atoms with E-state index < -0.39 is 5.79 Å². The van der Waals surface area contributed by atoms with Gasteiger partial charge in [0.2, 0.25) is 0 Å². The zero-order chi connectivity index (χ0) is 20.3. The van der Waals surface area contributed by atoms with Crippen molar-refractivity contribution in [3.8, 4) is 6.07 Å². The predicted octanol–water partition coefficient (Wildman–Crippen LogP) is 3.64. The Morgan fingerprint density at radius 1 is 1.24 bits per heavy atom. The van der Waals surface area contributed by atoms with Gasteiger partial charge in [0.05, 0.1) is 13.2 Å². The molecule has 0 atom stereocenters. The number of nitriles is 1. The van der Waals surface area contributed by atoms with E-state index in [4.69, 9.17) is 14.7 Å². The number of nitrogens with one attached hydrogen (secondary N) is 2.